The van der Waals surface area contributed by atoms with Gasteiger partial charge < -0.3 is 15.2 Å². The van der Waals surface area contributed by atoms with Crippen molar-refractivity contribution in [1.82, 2.24) is 5.32 Å². The Hall–Kier alpha value is -1.10. The van der Waals surface area contributed by atoms with E-state index >= 15 is 0 Å². The number of hydrogen-bond donors (Lipinski definition) is 2. The SMILES string of the molecule is CC(C)(CC(=O)O)CC(=O)NCC1(C)CCCO1. The lowest BCUT2D eigenvalue weighted by atomic mass is 9.85. The first kappa shape index (κ1) is 15.0. The smallest absolute Gasteiger partial charge is 0.303 e. The molecule has 0 spiro atoms. The molecule has 1 aliphatic heterocycles. The highest BCUT2D eigenvalue weighted by molar-refractivity contribution is 5.78. The van der Waals surface area contributed by atoms with Crippen LogP contribution in [0.15, 0.2) is 0 Å². The van der Waals surface area contributed by atoms with Gasteiger partial charge in [-0.05, 0) is 25.2 Å². The molecular weight excluding hydrogens is 234 g/mol. The molecule has 1 rings (SSSR count). The van der Waals surface area contributed by atoms with Crippen LogP contribution in [0.1, 0.15) is 46.5 Å². The zero-order valence-corrected chi connectivity index (χ0v) is 11.4. The van der Waals surface area contributed by atoms with Crippen molar-refractivity contribution in [3.05, 3.63) is 0 Å². The third-order valence-electron chi connectivity index (χ3n) is 3.23. The highest BCUT2D eigenvalue weighted by atomic mass is 16.5. The summed E-state index contributed by atoms with van der Waals surface area (Å²) >= 11 is 0. The van der Waals surface area contributed by atoms with Gasteiger partial charge in [0.1, 0.15) is 0 Å². The molecule has 0 aromatic rings. The summed E-state index contributed by atoms with van der Waals surface area (Å²) in [6, 6.07) is 0. The van der Waals surface area contributed by atoms with Crippen LogP contribution in [0.5, 0.6) is 0 Å². The summed E-state index contributed by atoms with van der Waals surface area (Å²) in [5.74, 6) is -0.989. The Kier molecular flexibility index (Phi) is 4.73. The molecule has 1 saturated heterocycles. The first-order valence-electron chi connectivity index (χ1n) is 6.35. The first-order valence-corrected chi connectivity index (χ1v) is 6.35. The van der Waals surface area contributed by atoms with Crippen molar-refractivity contribution in [2.45, 2.75) is 52.1 Å². The summed E-state index contributed by atoms with van der Waals surface area (Å²) in [5, 5.41) is 11.6. The molecule has 0 aliphatic carbocycles. The largest absolute Gasteiger partial charge is 0.481 e. The van der Waals surface area contributed by atoms with Crippen LogP contribution >= 0.6 is 0 Å². The number of amides is 1. The van der Waals surface area contributed by atoms with Gasteiger partial charge in [-0.25, -0.2) is 0 Å². The zero-order valence-electron chi connectivity index (χ0n) is 11.4. The van der Waals surface area contributed by atoms with E-state index in [9.17, 15) is 9.59 Å². The van der Waals surface area contributed by atoms with E-state index < -0.39 is 11.4 Å². The lowest BCUT2D eigenvalue weighted by Gasteiger charge is -2.26. The summed E-state index contributed by atoms with van der Waals surface area (Å²) in [7, 11) is 0. The van der Waals surface area contributed by atoms with Crippen molar-refractivity contribution in [2.75, 3.05) is 13.2 Å². The predicted molar refractivity (Wildman–Crippen MR) is 67.3 cm³/mol. The standard InChI is InChI=1S/C13H23NO4/c1-12(2,8-11(16)17)7-10(15)14-9-13(3)5-4-6-18-13/h4-9H2,1-3H3,(H,14,15)(H,16,17). The molecule has 1 amide bonds. The van der Waals surface area contributed by atoms with Crippen molar-refractivity contribution >= 4 is 11.9 Å². The molecule has 1 fully saturated rings. The zero-order chi connectivity index (χ0) is 13.8. The van der Waals surface area contributed by atoms with E-state index in [1.807, 2.05) is 6.92 Å². The summed E-state index contributed by atoms with van der Waals surface area (Å²) in [4.78, 5) is 22.4. The molecule has 1 atom stereocenters. The number of carbonyl (C=O) groups excluding carboxylic acids is 1. The van der Waals surface area contributed by atoms with E-state index in [1.165, 1.54) is 0 Å². The van der Waals surface area contributed by atoms with Crippen molar-refractivity contribution < 1.29 is 19.4 Å². The van der Waals surface area contributed by atoms with E-state index in [1.54, 1.807) is 13.8 Å². The van der Waals surface area contributed by atoms with Crippen LogP contribution in [0.25, 0.3) is 0 Å². The number of rotatable bonds is 6. The van der Waals surface area contributed by atoms with Crippen LogP contribution in [0.2, 0.25) is 0 Å². The van der Waals surface area contributed by atoms with Gasteiger partial charge in [0.2, 0.25) is 5.91 Å². The number of nitrogens with one attached hydrogen (secondary N) is 1. The lowest BCUT2D eigenvalue weighted by Crippen LogP contribution is -2.41. The number of ether oxygens (including phenoxy) is 1. The van der Waals surface area contributed by atoms with Gasteiger partial charge in [0.25, 0.3) is 0 Å². The van der Waals surface area contributed by atoms with Gasteiger partial charge in [-0.15, -0.1) is 0 Å². The van der Waals surface area contributed by atoms with Gasteiger partial charge in [-0.3, -0.25) is 9.59 Å². The van der Waals surface area contributed by atoms with Crippen molar-refractivity contribution in [1.29, 1.82) is 0 Å². The van der Waals surface area contributed by atoms with Crippen molar-refractivity contribution in [2.24, 2.45) is 5.41 Å². The molecule has 1 unspecified atom stereocenters. The van der Waals surface area contributed by atoms with Crippen LogP contribution in [0.3, 0.4) is 0 Å². The lowest BCUT2D eigenvalue weighted by molar-refractivity contribution is -0.139. The molecule has 1 aliphatic rings. The minimum atomic E-state index is -0.876. The summed E-state index contributed by atoms with van der Waals surface area (Å²) in [5.41, 5.74) is -0.778. The van der Waals surface area contributed by atoms with Gasteiger partial charge in [-0.1, -0.05) is 13.8 Å². The van der Waals surface area contributed by atoms with E-state index in [4.69, 9.17) is 9.84 Å². The molecule has 18 heavy (non-hydrogen) atoms. The molecule has 5 nitrogen and oxygen atoms in total. The maximum absolute atomic E-state index is 11.8. The average molecular weight is 257 g/mol. The second-order valence-corrected chi connectivity index (χ2v) is 6.09. The Balaban J connectivity index is 2.35. The number of hydrogen-bond acceptors (Lipinski definition) is 3. The number of aliphatic carboxylic acids is 1. The fourth-order valence-electron chi connectivity index (χ4n) is 2.23. The molecule has 0 aromatic heterocycles. The second-order valence-electron chi connectivity index (χ2n) is 6.09. The molecule has 0 saturated carbocycles. The summed E-state index contributed by atoms with van der Waals surface area (Å²) in [6.45, 7) is 6.80. The maximum Gasteiger partial charge on any atom is 0.303 e. The van der Waals surface area contributed by atoms with Gasteiger partial charge in [0.15, 0.2) is 0 Å². The number of carbonyl (C=O) groups is 2. The highest BCUT2D eigenvalue weighted by Gasteiger charge is 2.31. The Morgan fingerprint density at radius 2 is 2.06 bits per heavy atom. The number of carboxylic acid groups (broad SMARTS) is 1. The van der Waals surface area contributed by atoms with Gasteiger partial charge >= 0.3 is 5.97 Å². The first-order chi connectivity index (χ1) is 8.22. The van der Waals surface area contributed by atoms with Crippen LogP contribution in [-0.2, 0) is 14.3 Å². The quantitative estimate of drug-likeness (QED) is 0.757. The average Bonchev–Trinajstić information content (AvgIpc) is 2.60. The molecule has 5 heteroatoms. The summed E-state index contributed by atoms with van der Waals surface area (Å²) in [6.07, 6.45) is 2.19. The van der Waals surface area contributed by atoms with Crippen molar-refractivity contribution in [3.8, 4) is 0 Å². The summed E-state index contributed by atoms with van der Waals surface area (Å²) < 4.78 is 5.58. The monoisotopic (exact) mass is 257 g/mol. The maximum atomic E-state index is 11.8. The predicted octanol–water partition coefficient (Wildman–Crippen LogP) is 1.56. The molecule has 2 N–H and O–H groups in total. The van der Waals surface area contributed by atoms with Crippen LogP contribution in [-0.4, -0.2) is 35.7 Å². The molecule has 1 heterocycles. The van der Waals surface area contributed by atoms with E-state index in [-0.39, 0.29) is 24.3 Å². The molecule has 0 radical (unpaired) electrons. The Morgan fingerprint density at radius 1 is 1.39 bits per heavy atom. The number of carboxylic acids is 1. The van der Waals surface area contributed by atoms with Gasteiger partial charge in [-0.2, -0.15) is 0 Å². The van der Waals surface area contributed by atoms with Crippen LogP contribution in [0.4, 0.5) is 0 Å². The Labute approximate surface area is 108 Å². The van der Waals surface area contributed by atoms with Crippen LogP contribution in [0, 0.1) is 5.41 Å². The van der Waals surface area contributed by atoms with Gasteiger partial charge in [0.05, 0.1) is 12.0 Å². The van der Waals surface area contributed by atoms with Crippen molar-refractivity contribution in [3.63, 3.8) is 0 Å². The van der Waals surface area contributed by atoms with E-state index in [0.29, 0.717) is 6.54 Å². The third kappa shape index (κ3) is 5.04. The fraction of sp³-hybridized carbons (Fsp3) is 0.846. The second kappa shape index (κ2) is 5.69. The van der Waals surface area contributed by atoms with E-state index in [0.717, 1.165) is 19.4 Å². The third-order valence-corrected chi connectivity index (χ3v) is 3.23. The van der Waals surface area contributed by atoms with Gasteiger partial charge in [0, 0.05) is 19.6 Å². The molecule has 0 aromatic carbocycles. The molecular formula is C13H23NO4. The highest BCUT2D eigenvalue weighted by Crippen LogP contribution is 2.26. The molecule has 104 valence electrons. The van der Waals surface area contributed by atoms with E-state index in [2.05, 4.69) is 5.32 Å². The minimum absolute atomic E-state index is 0.00577. The normalized spacial score (nSPS) is 23.9. The molecule has 0 bridgehead atoms. The Morgan fingerprint density at radius 3 is 2.56 bits per heavy atom. The minimum Gasteiger partial charge on any atom is -0.481 e. The van der Waals surface area contributed by atoms with Crippen LogP contribution < -0.4 is 5.32 Å². The Bertz CT molecular complexity index is 319. The fourth-order valence-corrected chi connectivity index (χ4v) is 2.23. The topological polar surface area (TPSA) is 75.6 Å².